The van der Waals surface area contributed by atoms with E-state index in [1.165, 1.54) is 15.5 Å². The highest BCUT2D eigenvalue weighted by Crippen LogP contribution is 2.46. The highest BCUT2D eigenvalue weighted by atomic mass is 32.1. The number of para-hydroxylation sites is 3. The van der Waals surface area contributed by atoms with Gasteiger partial charge in [0.25, 0.3) is 0 Å². The van der Waals surface area contributed by atoms with Gasteiger partial charge in [0, 0.05) is 95.3 Å². The first-order valence-corrected chi connectivity index (χ1v) is 36.7. The van der Waals surface area contributed by atoms with Crippen LogP contribution in [0.5, 0.6) is 0 Å². The third-order valence-corrected chi connectivity index (χ3v) is 22.8. The van der Waals surface area contributed by atoms with Gasteiger partial charge >= 0.3 is 12.0 Å². The summed E-state index contributed by atoms with van der Waals surface area (Å²) in [6, 6.07) is 111. The number of thiophene rings is 2. The molecule has 14 aromatic carbocycles. The van der Waals surface area contributed by atoms with Gasteiger partial charge in [-0.25, -0.2) is 29.9 Å². The number of hydrogen-bond donors (Lipinski definition) is 0. The van der Waals surface area contributed by atoms with E-state index in [-0.39, 0.29) is 0 Å². The largest absolute Gasteiger partial charge is 0.423 e. The molecule has 0 saturated heterocycles. The van der Waals surface area contributed by atoms with Crippen LogP contribution in [0.4, 0.5) is 0 Å². The average molecular weight is 1390 g/mol. The molecule has 0 saturated carbocycles. The fraction of sp³-hybridized carbons (Fsp3) is 0. The molecule has 0 aliphatic heterocycles. The predicted octanol–water partition coefficient (Wildman–Crippen LogP) is 24.3. The Labute approximate surface area is 611 Å². The zero-order chi connectivity index (χ0) is 69.5. The first kappa shape index (κ1) is 59.7. The number of fused-ring (bicyclic) bond motifs is 14. The SMILES string of the molecule is c1ccc(-c2nc(-c3ccc(-c4ccc5nc(-n6c7ccccc7c7c(-c8ccc9sc%10c(-c%11nc(-c%12ccccc%12)nc(-c%12ccc(-c%13ccc%14nc(-n%15c%16ccccc%16c%16ccccc%16%15)oc%14c%13)cc%12)n%11)cccc%10c9c8)cccc76)oc5c4)cc3)nc(-c3cccc4c3sc3ccccc34)n2)cc1. The molecule has 22 rings (SSSR count). The minimum atomic E-state index is 0.491. The Morgan fingerprint density at radius 1 is 0.226 bits per heavy atom. The van der Waals surface area contributed by atoms with Gasteiger partial charge in [-0.1, -0.05) is 237 Å². The van der Waals surface area contributed by atoms with Gasteiger partial charge in [-0.05, 0) is 112 Å². The molecule has 0 fully saturated rings. The van der Waals surface area contributed by atoms with Gasteiger partial charge in [0.15, 0.2) is 46.1 Å². The van der Waals surface area contributed by atoms with E-state index < -0.39 is 0 Å². The smallest absolute Gasteiger partial charge is 0.307 e. The highest BCUT2D eigenvalue weighted by Gasteiger charge is 2.25. The Bertz CT molecular complexity index is 7280. The summed E-state index contributed by atoms with van der Waals surface area (Å²) in [6.07, 6.45) is 0. The second-order valence-electron chi connectivity index (χ2n) is 26.6. The van der Waals surface area contributed by atoms with Crippen molar-refractivity contribution in [2.45, 2.75) is 0 Å². The van der Waals surface area contributed by atoms with Crippen molar-refractivity contribution >= 4 is 129 Å². The standard InChI is InChI=1S/C92H52N10O2S2/c1-3-18-55(19-4-1)85-95-87(99-89(97-85)69-29-15-27-66-65-24-10-14-35-80(65)105-83(66)69)57-40-38-54(39-41-57)60-45-48-73-79(52-60)104-92(94-73)102-76-33-13-9-25-68(76)82-62(26-17-34-77(82)102)61-46-49-81-71(50-61)67-28-16-30-70(84(67)106-81)90-98-86(56-20-5-2-6-21-56)96-88(100-90)58-42-36-53(37-43-58)59-44-47-72-78(51-59)103-91(93-72)101-74-31-11-7-22-63(74)64-23-8-12-32-75(64)101/h1-52H. The topological polar surface area (TPSA) is 139 Å². The summed E-state index contributed by atoms with van der Waals surface area (Å²) in [5.41, 5.74) is 18.8. The molecule has 0 amide bonds. The van der Waals surface area contributed by atoms with E-state index in [4.69, 9.17) is 48.7 Å². The number of benzene rings is 14. The average Bonchev–Trinajstić information content (AvgIpc) is 1.57. The minimum Gasteiger partial charge on any atom is -0.423 e. The van der Waals surface area contributed by atoms with Crippen LogP contribution in [-0.4, -0.2) is 49.0 Å². The summed E-state index contributed by atoms with van der Waals surface area (Å²) in [4.78, 5) is 41.2. The van der Waals surface area contributed by atoms with Crippen LogP contribution >= 0.6 is 22.7 Å². The van der Waals surface area contributed by atoms with Gasteiger partial charge in [-0.15, -0.1) is 22.7 Å². The number of aromatic nitrogens is 10. The first-order valence-electron chi connectivity index (χ1n) is 35.0. The van der Waals surface area contributed by atoms with E-state index in [1.807, 2.05) is 72.8 Å². The number of oxazole rings is 2. The zero-order valence-corrected chi connectivity index (χ0v) is 57.8. The molecule has 106 heavy (non-hydrogen) atoms. The van der Waals surface area contributed by atoms with E-state index in [0.29, 0.717) is 58.1 Å². The summed E-state index contributed by atoms with van der Waals surface area (Å²) in [5.74, 6) is 3.64. The van der Waals surface area contributed by atoms with Crippen LogP contribution in [0.25, 0.3) is 220 Å². The van der Waals surface area contributed by atoms with Crippen molar-refractivity contribution < 1.29 is 8.83 Å². The van der Waals surface area contributed by atoms with Crippen molar-refractivity contribution in [2.24, 2.45) is 0 Å². The van der Waals surface area contributed by atoms with Gasteiger partial charge in [0.2, 0.25) is 0 Å². The van der Waals surface area contributed by atoms with Crippen LogP contribution in [0.1, 0.15) is 0 Å². The van der Waals surface area contributed by atoms with E-state index in [2.05, 4.69) is 252 Å². The Kier molecular flexibility index (Phi) is 13.4. The van der Waals surface area contributed by atoms with E-state index in [0.717, 1.165) is 146 Å². The van der Waals surface area contributed by atoms with Gasteiger partial charge in [-0.3, -0.25) is 9.13 Å². The maximum atomic E-state index is 6.87. The lowest BCUT2D eigenvalue weighted by atomic mass is 9.97. The van der Waals surface area contributed by atoms with Crippen molar-refractivity contribution in [2.75, 3.05) is 0 Å². The molecular formula is C92H52N10O2S2. The predicted molar refractivity (Wildman–Crippen MR) is 432 cm³/mol. The molecule has 0 aliphatic rings. The molecule has 494 valence electrons. The number of hydrogen-bond acceptors (Lipinski definition) is 12. The van der Waals surface area contributed by atoms with Crippen LogP contribution < -0.4 is 0 Å². The zero-order valence-electron chi connectivity index (χ0n) is 56.1. The van der Waals surface area contributed by atoms with Crippen LogP contribution in [0, 0.1) is 0 Å². The van der Waals surface area contributed by atoms with Crippen LogP contribution in [0.2, 0.25) is 0 Å². The van der Waals surface area contributed by atoms with Crippen molar-refractivity contribution in [1.82, 2.24) is 49.0 Å². The summed E-state index contributed by atoms with van der Waals surface area (Å²) in [5, 5.41) is 9.22. The Morgan fingerprint density at radius 3 is 1.13 bits per heavy atom. The molecule has 0 N–H and O–H groups in total. The molecule has 0 atom stereocenters. The fourth-order valence-corrected chi connectivity index (χ4v) is 17.7. The minimum absolute atomic E-state index is 0.491. The summed E-state index contributed by atoms with van der Waals surface area (Å²) < 4.78 is 22.4. The number of nitrogens with zero attached hydrogens (tertiary/aromatic N) is 10. The summed E-state index contributed by atoms with van der Waals surface area (Å²) >= 11 is 3.52. The summed E-state index contributed by atoms with van der Waals surface area (Å²) in [7, 11) is 0. The second kappa shape index (κ2) is 23.8. The molecule has 12 nitrogen and oxygen atoms in total. The maximum absolute atomic E-state index is 6.87. The van der Waals surface area contributed by atoms with Crippen LogP contribution in [0.3, 0.4) is 0 Å². The van der Waals surface area contributed by atoms with Gasteiger partial charge in [0.05, 0.1) is 22.1 Å². The Morgan fingerprint density at radius 2 is 0.594 bits per heavy atom. The lowest BCUT2D eigenvalue weighted by Crippen LogP contribution is -2.00. The van der Waals surface area contributed by atoms with Crippen molar-refractivity contribution in [1.29, 1.82) is 0 Å². The van der Waals surface area contributed by atoms with Crippen molar-refractivity contribution in [3.05, 3.63) is 315 Å². The Balaban J connectivity index is 0.578. The lowest BCUT2D eigenvalue weighted by Gasteiger charge is -2.10. The van der Waals surface area contributed by atoms with Gasteiger partial charge in [0.1, 0.15) is 11.0 Å². The van der Waals surface area contributed by atoms with E-state index >= 15 is 0 Å². The summed E-state index contributed by atoms with van der Waals surface area (Å²) in [6.45, 7) is 0. The highest BCUT2D eigenvalue weighted by molar-refractivity contribution is 7.26. The molecule has 8 heterocycles. The third kappa shape index (κ3) is 9.73. The normalized spacial score (nSPS) is 12.0. The molecule has 0 radical (unpaired) electrons. The van der Waals surface area contributed by atoms with Crippen molar-refractivity contribution in [3.8, 4) is 114 Å². The maximum Gasteiger partial charge on any atom is 0.307 e. The second-order valence-corrected chi connectivity index (χ2v) is 28.7. The quantitative estimate of drug-likeness (QED) is 0.123. The van der Waals surface area contributed by atoms with Crippen LogP contribution in [0.15, 0.2) is 324 Å². The van der Waals surface area contributed by atoms with Gasteiger partial charge < -0.3 is 8.83 Å². The molecule has 14 heteroatoms. The lowest BCUT2D eigenvalue weighted by molar-refractivity contribution is 0.574. The fourth-order valence-electron chi connectivity index (χ4n) is 15.3. The third-order valence-electron chi connectivity index (χ3n) is 20.4. The Hall–Kier alpha value is -13.9. The molecular weight excluding hydrogens is 1340 g/mol. The molecule has 0 bridgehead atoms. The number of rotatable bonds is 11. The van der Waals surface area contributed by atoms with E-state index in [9.17, 15) is 0 Å². The molecule has 22 aromatic rings. The van der Waals surface area contributed by atoms with E-state index in [1.54, 1.807) is 22.7 Å². The first-order chi connectivity index (χ1) is 52.5. The molecule has 0 unspecified atom stereocenters. The monoisotopic (exact) mass is 1390 g/mol. The van der Waals surface area contributed by atoms with Gasteiger partial charge in [-0.2, -0.15) is 9.97 Å². The van der Waals surface area contributed by atoms with Crippen molar-refractivity contribution in [3.63, 3.8) is 0 Å². The molecule has 0 spiro atoms. The molecule has 8 aromatic heterocycles. The van der Waals surface area contributed by atoms with Crippen LogP contribution in [-0.2, 0) is 0 Å². The molecule has 0 aliphatic carbocycles.